The van der Waals surface area contributed by atoms with Gasteiger partial charge < -0.3 is 10.5 Å². The monoisotopic (exact) mass is 325 g/mol. The molecule has 1 aromatic carbocycles. The number of benzene rings is 1. The highest BCUT2D eigenvalue weighted by Crippen LogP contribution is 2.39. The first kappa shape index (κ1) is 14.9. The number of halogens is 1. The molecular weight excluding hydrogens is 302 g/mol. The van der Waals surface area contributed by atoms with Gasteiger partial charge in [0.1, 0.15) is 5.75 Å². The molecule has 0 heterocycles. The van der Waals surface area contributed by atoms with E-state index in [-0.39, 0.29) is 6.04 Å². The van der Waals surface area contributed by atoms with Gasteiger partial charge >= 0.3 is 0 Å². The van der Waals surface area contributed by atoms with Gasteiger partial charge in [-0.05, 0) is 49.3 Å². The van der Waals surface area contributed by atoms with E-state index in [1.807, 2.05) is 0 Å². The standard InChI is InChI=1S/C16H24BrNO/c1-10-4-6-12(7-5-10)16(18)13-9-14(17)11(2)8-15(13)19-3/h8-10,12,16H,4-7,18H2,1-3H3. The van der Waals surface area contributed by atoms with Crippen LogP contribution < -0.4 is 10.5 Å². The Morgan fingerprint density at radius 2 is 1.89 bits per heavy atom. The van der Waals surface area contributed by atoms with Crippen molar-refractivity contribution in [2.24, 2.45) is 17.6 Å². The number of hydrogen-bond donors (Lipinski definition) is 1. The van der Waals surface area contributed by atoms with E-state index in [1.165, 1.54) is 31.2 Å². The minimum atomic E-state index is 0.0827. The van der Waals surface area contributed by atoms with Gasteiger partial charge in [-0.1, -0.05) is 35.7 Å². The van der Waals surface area contributed by atoms with Gasteiger partial charge in [0.05, 0.1) is 7.11 Å². The Morgan fingerprint density at radius 1 is 1.26 bits per heavy atom. The lowest BCUT2D eigenvalue weighted by Gasteiger charge is -2.31. The van der Waals surface area contributed by atoms with E-state index in [1.54, 1.807) is 7.11 Å². The molecule has 1 saturated carbocycles. The van der Waals surface area contributed by atoms with Gasteiger partial charge in [-0.15, -0.1) is 0 Å². The highest BCUT2D eigenvalue weighted by Gasteiger charge is 2.26. The first-order valence-electron chi connectivity index (χ1n) is 7.12. The summed E-state index contributed by atoms with van der Waals surface area (Å²) in [5.74, 6) is 2.36. The van der Waals surface area contributed by atoms with E-state index in [0.717, 1.165) is 21.7 Å². The molecule has 1 aliphatic rings. The van der Waals surface area contributed by atoms with Crippen LogP contribution in [0.4, 0.5) is 0 Å². The molecule has 2 nitrogen and oxygen atoms in total. The van der Waals surface area contributed by atoms with Crippen LogP contribution in [0.5, 0.6) is 5.75 Å². The summed E-state index contributed by atoms with van der Waals surface area (Å²) >= 11 is 3.60. The van der Waals surface area contributed by atoms with Crippen LogP contribution in [-0.4, -0.2) is 7.11 Å². The highest BCUT2D eigenvalue weighted by molar-refractivity contribution is 9.10. The van der Waals surface area contributed by atoms with E-state index >= 15 is 0 Å². The van der Waals surface area contributed by atoms with Crippen molar-refractivity contribution < 1.29 is 4.74 Å². The molecule has 19 heavy (non-hydrogen) atoms. The molecule has 0 saturated heterocycles. The third-order valence-electron chi connectivity index (χ3n) is 4.44. The second-order valence-corrected chi connectivity index (χ2v) is 6.74. The highest BCUT2D eigenvalue weighted by atomic mass is 79.9. The fraction of sp³-hybridized carbons (Fsp3) is 0.625. The van der Waals surface area contributed by atoms with Crippen LogP contribution in [0.3, 0.4) is 0 Å². The van der Waals surface area contributed by atoms with Crippen molar-refractivity contribution in [1.82, 2.24) is 0 Å². The number of aryl methyl sites for hydroxylation is 1. The Kier molecular flexibility index (Phi) is 4.91. The Balaban J connectivity index is 2.22. The lowest BCUT2D eigenvalue weighted by molar-refractivity contribution is 0.253. The largest absolute Gasteiger partial charge is 0.496 e. The summed E-state index contributed by atoms with van der Waals surface area (Å²) < 4.78 is 6.63. The van der Waals surface area contributed by atoms with Crippen LogP contribution >= 0.6 is 15.9 Å². The van der Waals surface area contributed by atoms with Crippen molar-refractivity contribution in [1.29, 1.82) is 0 Å². The smallest absolute Gasteiger partial charge is 0.123 e. The topological polar surface area (TPSA) is 35.2 Å². The van der Waals surface area contributed by atoms with E-state index < -0.39 is 0 Å². The summed E-state index contributed by atoms with van der Waals surface area (Å²) in [4.78, 5) is 0. The first-order valence-corrected chi connectivity index (χ1v) is 7.91. The molecule has 1 fully saturated rings. The molecule has 1 atom stereocenters. The minimum absolute atomic E-state index is 0.0827. The maximum Gasteiger partial charge on any atom is 0.123 e. The molecule has 2 N–H and O–H groups in total. The summed E-state index contributed by atoms with van der Waals surface area (Å²) in [6, 6.07) is 4.29. The Morgan fingerprint density at radius 3 is 2.47 bits per heavy atom. The van der Waals surface area contributed by atoms with Gasteiger partial charge in [0.25, 0.3) is 0 Å². The van der Waals surface area contributed by atoms with Gasteiger partial charge in [-0.2, -0.15) is 0 Å². The second-order valence-electron chi connectivity index (χ2n) is 5.89. The van der Waals surface area contributed by atoms with Crippen LogP contribution in [0.1, 0.15) is 49.8 Å². The molecule has 0 bridgehead atoms. The molecule has 1 aliphatic carbocycles. The third kappa shape index (κ3) is 3.32. The zero-order valence-corrected chi connectivity index (χ0v) is 13.7. The summed E-state index contributed by atoms with van der Waals surface area (Å²) in [6.07, 6.45) is 5.06. The average Bonchev–Trinajstić information content (AvgIpc) is 2.41. The third-order valence-corrected chi connectivity index (χ3v) is 5.29. The van der Waals surface area contributed by atoms with Gasteiger partial charge in [0.2, 0.25) is 0 Å². The van der Waals surface area contributed by atoms with Crippen molar-refractivity contribution in [2.45, 2.75) is 45.6 Å². The van der Waals surface area contributed by atoms with Crippen molar-refractivity contribution in [3.05, 3.63) is 27.7 Å². The van der Waals surface area contributed by atoms with Crippen molar-refractivity contribution >= 4 is 15.9 Å². The van der Waals surface area contributed by atoms with Gasteiger partial charge in [0.15, 0.2) is 0 Å². The fourth-order valence-electron chi connectivity index (χ4n) is 3.01. The van der Waals surface area contributed by atoms with Crippen LogP contribution in [0.15, 0.2) is 16.6 Å². The predicted octanol–water partition coefficient (Wildman–Crippen LogP) is 4.59. The number of methoxy groups -OCH3 is 1. The molecule has 2 rings (SSSR count). The quantitative estimate of drug-likeness (QED) is 0.881. The molecule has 0 spiro atoms. The van der Waals surface area contributed by atoms with Crippen molar-refractivity contribution in [3.63, 3.8) is 0 Å². The maximum atomic E-state index is 6.51. The summed E-state index contributed by atoms with van der Waals surface area (Å²) in [5, 5.41) is 0. The Hall–Kier alpha value is -0.540. The molecule has 0 radical (unpaired) electrons. The average molecular weight is 326 g/mol. The summed E-state index contributed by atoms with van der Waals surface area (Å²) in [6.45, 7) is 4.41. The van der Waals surface area contributed by atoms with Gasteiger partial charge in [-0.3, -0.25) is 0 Å². The van der Waals surface area contributed by atoms with Crippen LogP contribution in [0.2, 0.25) is 0 Å². The molecule has 1 unspecified atom stereocenters. The van der Waals surface area contributed by atoms with Crippen LogP contribution in [0, 0.1) is 18.8 Å². The molecule has 3 heteroatoms. The number of nitrogens with two attached hydrogens (primary N) is 1. The molecular formula is C16H24BrNO. The van der Waals surface area contributed by atoms with Gasteiger partial charge in [0, 0.05) is 16.1 Å². The first-order chi connectivity index (χ1) is 9.02. The molecule has 0 amide bonds. The van der Waals surface area contributed by atoms with E-state index in [2.05, 4.69) is 41.9 Å². The molecule has 1 aromatic rings. The second kappa shape index (κ2) is 6.27. The summed E-state index contributed by atoms with van der Waals surface area (Å²) in [5.41, 5.74) is 8.83. The Bertz CT molecular complexity index is 439. The lowest BCUT2D eigenvalue weighted by atomic mass is 9.77. The SMILES string of the molecule is COc1cc(C)c(Br)cc1C(N)C1CCC(C)CC1. The van der Waals surface area contributed by atoms with Crippen molar-refractivity contribution in [2.75, 3.05) is 7.11 Å². The molecule has 106 valence electrons. The van der Waals surface area contributed by atoms with E-state index in [0.29, 0.717) is 5.92 Å². The van der Waals surface area contributed by atoms with E-state index in [4.69, 9.17) is 10.5 Å². The van der Waals surface area contributed by atoms with Crippen LogP contribution in [-0.2, 0) is 0 Å². The zero-order valence-electron chi connectivity index (χ0n) is 12.1. The van der Waals surface area contributed by atoms with Gasteiger partial charge in [-0.25, -0.2) is 0 Å². The Labute approximate surface area is 124 Å². The molecule has 0 aliphatic heterocycles. The normalized spacial score (nSPS) is 25.1. The number of ether oxygens (including phenoxy) is 1. The van der Waals surface area contributed by atoms with Crippen LogP contribution in [0.25, 0.3) is 0 Å². The van der Waals surface area contributed by atoms with E-state index in [9.17, 15) is 0 Å². The number of rotatable bonds is 3. The predicted molar refractivity (Wildman–Crippen MR) is 83.5 cm³/mol. The summed E-state index contributed by atoms with van der Waals surface area (Å²) in [7, 11) is 1.72. The number of hydrogen-bond acceptors (Lipinski definition) is 2. The van der Waals surface area contributed by atoms with Crippen molar-refractivity contribution in [3.8, 4) is 5.75 Å². The minimum Gasteiger partial charge on any atom is -0.496 e. The molecule has 0 aromatic heterocycles. The lowest BCUT2D eigenvalue weighted by Crippen LogP contribution is -2.26. The zero-order chi connectivity index (χ0) is 14.0. The fourth-order valence-corrected chi connectivity index (χ4v) is 3.37. The maximum absolute atomic E-state index is 6.51.